The van der Waals surface area contributed by atoms with E-state index < -0.39 is 0 Å². The summed E-state index contributed by atoms with van der Waals surface area (Å²) in [7, 11) is 0. The number of benzene rings is 5. The molecule has 0 unspecified atom stereocenters. The highest BCUT2D eigenvalue weighted by Crippen LogP contribution is 2.38. The van der Waals surface area contributed by atoms with Gasteiger partial charge in [0.15, 0.2) is 37.9 Å². The Hall–Kier alpha value is -7.84. The maximum absolute atomic E-state index is 6.91. The zero-order valence-electron chi connectivity index (χ0n) is 60.3. The summed E-state index contributed by atoms with van der Waals surface area (Å²) < 4.78 is 45.5. The van der Waals surface area contributed by atoms with Crippen molar-refractivity contribution in [3.8, 4) is 34.5 Å². The van der Waals surface area contributed by atoms with E-state index in [9.17, 15) is 0 Å². The molecule has 0 aliphatic carbocycles. The zero-order valence-corrected chi connectivity index (χ0v) is 60.3. The van der Waals surface area contributed by atoms with Crippen molar-refractivity contribution in [2.24, 2.45) is 0 Å². The smallest absolute Gasteiger partial charge is 0.173 e. The van der Waals surface area contributed by atoms with Crippen LogP contribution in [0.25, 0.3) is 48.6 Å². The fraction of sp³-hybridized carbons (Fsp3) is 0.455. The predicted octanol–water partition coefficient (Wildman–Crippen LogP) is 23.4. The van der Waals surface area contributed by atoms with Crippen LogP contribution in [-0.4, -0.2) is 39.6 Å². The van der Waals surface area contributed by atoms with Gasteiger partial charge in [-0.3, -0.25) is 0 Å². The van der Waals surface area contributed by atoms with E-state index in [0.717, 1.165) is 182 Å². The Labute approximate surface area is 580 Å². The van der Waals surface area contributed by atoms with E-state index in [0.29, 0.717) is 39.6 Å². The van der Waals surface area contributed by atoms with Crippen molar-refractivity contribution in [1.29, 1.82) is 0 Å². The normalized spacial score (nSPS) is 11.7. The Bertz CT molecular complexity index is 3190. The van der Waals surface area contributed by atoms with Crippen molar-refractivity contribution in [3.05, 3.63) is 201 Å². The molecule has 5 aromatic carbocycles. The lowest BCUT2D eigenvalue weighted by molar-refractivity contribution is -0.688. The highest BCUT2D eigenvalue weighted by Gasteiger charge is 2.17. The first-order valence-electron chi connectivity index (χ1n) is 37.3. The number of aromatic nitrogens is 2. The van der Waals surface area contributed by atoms with E-state index in [1.54, 1.807) is 0 Å². The topological polar surface area (TPSA) is 63.1 Å². The van der Waals surface area contributed by atoms with Crippen LogP contribution in [-0.2, 0) is 13.1 Å². The minimum absolute atomic E-state index is 0.610. The van der Waals surface area contributed by atoms with Crippen molar-refractivity contribution >= 4 is 48.6 Å². The van der Waals surface area contributed by atoms with Gasteiger partial charge in [0.05, 0.1) is 39.6 Å². The molecule has 96 heavy (non-hydrogen) atoms. The van der Waals surface area contributed by atoms with Crippen LogP contribution >= 0.6 is 0 Å². The number of aryl methyl sites for hydroxylation is 2. The van der Waals surface area contributed by atoms with Gasteiger partial charge in [0, 0.05) is 68.8 Å². The minimum Gasteiger partial charge on any atom is -0.493 e. The van der Waals surface area contributed by atoms with Crippen LogP contribution in [0.4, 0.5) is 0 Å². The largest absolute Gasteiger partial charge is 0.493 e. The highest BCUT2D eigenvalue weighted by atomic mass is 16.5. The van der Waals surface area contributed by atoms with Crippen molar-refractivity contribution in [3.63, 3.8) is 0 Å². The second-order valence-corrected chi connectivity index (χ2v) is 26.2. The third-order valence-electron chi connectivity index (χ3n) is 17.6. The van der Waals surface area contributed by atoms with Gasteiger partial charge in [-0.2, -0.15) is 0 Å². The average molecular weight is 1300 g/mol. The third kappa shape index (κ3) is 27.7. The lowest BCUT2D eigenvalue weighted by Crippen LogP contribution is -2.33. The van der Waals surface area contributed by atoms with Gasteiger partial charge in [-0.05, 0) is 99.9 Å². The maximum atomic E-state index is 6.91. The van der Waals surface area contributed by atoms with Crippen molar-refractivity contribution in [2.45, 2.75) is 223 Å². The average Bonchev–Trinajstić information content (AvgIpc) is 1.11. The molecule has 8 heteroatoms. The Morgan fingerprint density at radius 2 is 0.458 bits per heavy atom. The van der Waals surface area contributed by atoms with Crippen molar-refractivity contribution < 1.29 is 37.6 Å². The first-order chi connectivity index (χ1) is 47.2. The Morgan fingerprint density at radius 3 is 0.667 bits per heavy atom. The number of hydrogen-bond acceptors (Lipinski definition) is 6. The fourth-order valence-electron chi connectivity index (χ4n) is 11.5. The van der Waals surface area contributed by atoms with Crippen LogP contribution in [0.5, 0.6) is 34.5 Å². The molecular formula is C88H118N2O6+2. The molecule has 0 bridgehead atoms. The van der Waals surface area contributed by atoms with Crippen LogP contribution in [0.3, 0.4) is 0 Å². The van der Waals surface area contributed by atoms with E-state index in [1.165, 1.54) is 86.5 Å². The first kappa shape index (κ1) is 75.5. The molecular weight excluding hydrogens is 1180 g/mol. The van der Waals surface area contributed by atoms with E-state index in [4.69, 9.17) is 28.4 Å². The fourth-order valence-corrected chi connectivity index (χ4v) is 11.5. The molecule has 0 saturated heterocycles. The molecule has 0 atom stereocenters. The first-order valence-corrected chi connectivity index (χ1v) is 37.3. The Balaban J connectivity index is 1.29. The summed E-state index contributed by atoms with van der Waals surface area (Å²) >= 11 is 0. The number of rotatable bonds is 48. The molecule has 0 aliphatic rings. The summed E-state index contributed by atoms with van der Waals surface area (Å²) in [4.78, 5) is 0. The van der Waals surface area contributed by atoms with Crippen molar-refractivity contribution in [2.75, 3.05) is 39.6 Å². The van der Waals surface area contributed by atoms with E-state index in [2.05, 4.69) is 247 Å². The van der Waals surface area contributed by atoms with Gasteiger partial charge in [0.25, 0.3) is 0 Å². The molecule has 7 rings (SSSR count). The summed E-state index contributed by atoms with van der Waals surface area (Å²) in [5.41, 5.74) is 13.1. The molecule has 8 nitrogen and oxygen atoms in total. The molecule has 0 spiro atoms. The molecule has 0 saturated carbocycles. The molecule has 514 valence electrons. The summed E-state index contributed by atoms with van der Waals surface area (Å²) in [5, 5.41) is 0. The van der Waals surface area contributed by atoms with Gasteiger partial charge in [-0.1, -0.05) is 265 Å². The SMILES string of the molecule is CCCCCCOc1cc(/C=C/c2cc(OCCCCCC)c(/C=C/c3cc(OCCCCCC)c(/C=C/c4cc[n+](Cc5ccc(C)cc5)cc4)cc3OCCCCCC)cc2OCCCCCC)c(OCCCCCC)cc1/C=C/c1cc[n+](Cc2ccc(C)cc2)cc1. The van der Waals surface area contributed by atoms with Crippen LogP contribution < -0.4 is 37.6 Å². The molecule has 0 N–H and O–H groups in total. The predicted molar refractivity (Wildman–Crippen MR) is 407 cm³/mol. The lowest BCUT2D eigenvalue weighted by Gasteiger charge is -2.17. The second kappa shape index (κ2) is 44.8. The molecule has 0 aliphatic heterocycles. The van der Waals surface area contributed by atoms with Crippen LogP contribution in [0.1, 0.15) is 262 Å². The summed E-state index contributed by atoms with van der Waals surface area (Å²) in [6.07, 6.45) is 52.9. The number of hydrogen-bond donors (Lipinski definition) is 0. The third-order valence-corrected chi connectivity index (χ3v) is 17.6. The standard InChI is InChI=1S/C88H118N2O6/c1-9-15-21-27-57-91-83-65-79(85(93-59-29-23-17-11-3)63-77(83)43-41-73-49-53-89(54-50-73)69-75-37-33-71(7)34-38-75)45-47-81-67-88(96-62-32-26-20-14-6)82(68-87(81)95-61-31-25-19-13-5)48-46-80-66-84(92-58-28-22-16-10-2)78(64-86(80)94-60-30-24-18-12-4)44-42-74-51-55-90(56-52-74)70-76-39-35-72(8)36-40-76/h33-56,63-68H,9-32,57-62,69-70H2,1-8H3/q+2/b43-41+,44-42+,47-45+,48-46+. The number of unbranched alkanes of at least 4 members (excludes halogenated alkanes) is 18. The summed E-state index contributed by atoms with van der Waals surface area (Å²) in [6.45, 7) is 23.2. The van der Waals surface area contributed by atoms with Gasteiger partial charge in [0.1, 0.15) is 34.5 Å². The molecule has 2 heterocycles. The molecule has 2 aromatic heterocycles. The van der Waals surface area contributed by atoms with E-state index in [1.807, 2.05) is 0 Å². The summed E-state index contributed by atoms with van der Waals surface area (Å²) in [5.74, 6) is 4.96. The quantitative estimate of drug-likeness (QED) is 0.0215. The van der Waals surface area contributed by atoms with Gasteiger partial charge in [-0.15, -0.1) is 0 Å². The molecule has 7 aromatic rings. The van der Waals surface area contributed by atoms with Gasteiger partial charge in [0.2, 0.25) is 0 Å². The number of nitrogens with zero attached hydrogens (tertiary/aromatic N) is 2. The molecule has 0 fully saturated rings. The van der Waals surface area contributed by atoms with E-state index >= 15 is 0 Å². The minimum atomic E-state index is 0.610. The lowest BCUT2D eigenvalue weighted by atomic mass is 10.0. The number of pyridine rings is 2. The Kier molecular flexibility index (Phi) is 35.3. The molecule has 0 amide bonds. The van der Waals surface area contributed by atoms with Crippen LogP contribution in [0, 0.1) is 13.8 Å². The van der Waals surface area contributed by atoms with Crippen LogP contribution in [0.15, 0.2) is 134 Å². The highest BCUT2D eigenvalue weighted by molar-refractivity contribution is 5.84. The van der Waals surface area contributed by atoms with Gasteiger partial charge in [-0.25, -0.2) is 9.13 Å². The monoisotopic (exact) mass is 1300 g/mol. The molecule has 0 radical (unpaired) electrons. The Morgan fingerprint density at radius 1 is 0.250 bits per heavy atom. The van der Waals surface area contributed by atoms with Crippen LogP contribution in [0.2, 0.25) is 0 Å². The second-order valence-electron chi connectivity index (χ2n) is 26.2. The van der Waals surface area contributed by atoms with Crippen molar-refractivity contribution in [1.82, 2.24) is 0 Å². The maximum Gasteiger partial charge on any atom is 0.173 e. The van der Waals surface area contributed by atoms with Gasteiger partial charge < -0.3 is 28.4 Å². The van der Waals surface area contributed by atoms with E-state index in [-0.39, 0.29) is 0 Å². The van der Waals surface area contributed by atoms with Gasteiger partial charge >= 0.3 is 0 Å². The summed E-state index contributed by atoms with van der Waals surface area (Å²) in [6, 6.07) is 39.4. The zero-order chi connectivity index (χ0) is 67.6. The number of ether oxygens (including phenoxy) is 6.